The Bertz CT molecular complexity index is 871. The second-order valence-corrected chi connectivity index (χ2v) is 7.22. The highest BCUT2D eigenvalue weighted by Gasteiger charge is 2.29. The van der Waals surface area contributed by atoms with Crippen molar-refractivity contribution >= 4 is 17.9 Å². The number of hydrogen-bond acceptors (Lipinski definition) is 4. The van der Waals surface area contributed by atoms with Crippen LogP contribution in [0.15, 0.2) is 36.4 Å². The summed E-state index contributed by atoms with van der Waals surface area (Å²) in [4.78, 5) is 25.6. The van der Waals surface area contributed by atoms with Crippen molar-refractivity contribution in [3.8, 4) is 11.5 Å². The molecule has 4 rings (SSSR count). The summed E-state index contributed by atoms with van der Waals surface area (Å²) in [6, 6.07) is 10.8. The zero-order valence-corrected chi connectivity index (χ0v) is 15.4. The van der Waals surface area contributed by atoms with Crippen molar-refractivity contribution < 1.29 is 19.1 Å². The number of methoxy groups -OCH3 is 1. The molecule has 2 aromatic rings. The highest BCUT2D eigenvalue weighted by Crippen LogP contribution is 2.36. The van der Waals surface area contributed by atoms with E-state index in [1.807, 2.05) is 24.3 Å². The summed E-state index contributed by atoms with van der Waals surface area (Å²) < 4.78 is 11.5. The quantitative estimate of drug-likeness (QED) is 0.719. The normalized spacial score (nSPS) is 16.5. The maximum atomic E-state index is 12.8. The number of amides is 1. The zero-order valence-electron chi connectivity index (χ0n) is 15.4. The standard InChI is InChI=1S/C22H23NO4/c1-26-20-9-8-18(11-21(20)27-14-15-4-2-3-5-15)23-12-17-7-6-16(13-24)10-19(17)22(23)25/h6-11,13,15H,2-5,12,14H2,1H3. The predicted molar refractivity (Wildman–Crippen MR) is 103 cm³/mol. The summed E-state index contributed by atoms with van der Waals surface area (Å²) in [5, 5.41) is 0. The molecular formula is C22H23NO4. The largest absolute Gasteiger partial charge is 0.493 e. The number of nitrogens with zero attached hydrogens (tertiary/aromatic N) is 1. The third-order valence-corrected chi connectivity index (χ3v) is 5.48. The van der Waals surface area contributed by atoms with E-state index in [0.717, 1.165) is 17.5 Å². The van der Waals surface area contributed by atoms with Gasteiger partial charge in [-0.25, -0.2) is 0 Å². The summed E-state index contributed by atoms with van der Waals surface area (Å²) in [6.45, 7) is 1.17. The van der Waals surface area contributed by atoms with E-state index >= 15 is 0 Å². The Hall–Kier alpha value is -2.82. The maximum Gasteiger partial charge on any atom is 0.258 e. The van der Waals surface area contributed by atoms with E-state index in [-0.39, 0.29) is 5.91 Å². The second kappa shape index (κ2) is 7.43. The lowest BCUT2D eigenvalue weighted by molar-refractivity contribution is 0.0996. The Morgan fingerprint density at radius 2 is 1.93 bits per heavy atom. The van der Waals surface area contributed by atoms with E-state index in [0.29, 0.717) is 41.7 Å². The Kier molecular flexibility index (Phi) is 4.84. The first kappa shape index (κ1) is 17.6. The summed E-state index contributed by atoms with van der Waals surface area (Å²) in [6.07, 6.45) is 5.73. The first-order valence-corrected chi connectivity index (χ1v) is 9.40. The van der Waals surface area contributed by atoms with Crippen LogP contribution in [0.3, 0.4) is 0 Å². The van der Waals surface area contributed by atoms with Crippen LogP contribution in [-0.4, -0.2) is 25.9 Å². The summed E-state index contributed by atoms with van der Waals surface area (Å²) in [5.41, 5.74) is 2.80. The summed E-state index contributed by atoms with van der Waals surface area (Å²) in [7, 11) is 1.62. The van der Waals surface area contributed by atoms with Crippen LogP contribution in [0.2, 0.25) is 0 Å². The molecule has 1 saturated carbocycles. The molecule has 0 N–H and O–H groups in total. The van der Waals surface area contributed by atoms with Crippen molar-refractivity contribution in [2.75, 3.05) is 18.6 Å². The average molecular weight is 365 g/mol. The number of fused-ring (bicyclic) bond motifs is 1. The number of rotatable bonds is 6. The van der Waals surface area contributed by atoms with Crippen molar-refractivity contribution in [3.63, 3.8) is 0 Å². The van der Waals surface area contributed by atoms with Gasteiger partial charge >= 0.3 is 0 Å². The lowest BCUT2D eigenvalue weighted by Crippen LogP contribution is -2.23. The SMILES string of the molecule is COc1ccc(N2Cc3ccc(C=O)cc3C2=O)cc1OCC1CCCC1. The van der Waals surface area contributed by atoms with Crippen LogP contribution in [0.1, 0.15) is 52.0 Å². The van der Waals surface area contributed by atoms with E-state index in [2.05, 4.69) is 0 Å². The van der Waals surface area contributed by atoms with Crippen LogP contribution in [-0.2, 0) is 6.54 Å². The van der Waals surface area contributed by atoms with Crippen molar-refractivity contribution in [3.05, 3.63) is 53.1 Å². The number of carbonyl (C=O) groups excluding carboxylic acids is 2. The molecule has 1 aliphatic heterocycles. The molecule has 5 heteroatoms. The number of hydrogen-bond donors (Lipinski definition) is 0. The van der Waals surface area contributed by atoms with Crippen molar-refractivity contribution in [1.82, 2.24) is 0 Å². The van der Waals surface area contributed by atoms with Gasteiger partial charge in [0.2, 0.25) is 0 Å². The highest BCUT2D eigenvalue weighted by molar-refractivity contribution is 6.10. The number of aldehydes is 1. The molecule has 0 atom stereocenters. The number of benzene rings is 2. The van der Waals surface area contributed by atoms with Crippen LogP contribution in [0.25, 0.3) is 0 Å². The molecule has 2 aliphatic rings. The highest BCUT2D eigenvalue weighted by atomic mass is 16.5. The van der Waals surface area contributed by atoms with Gasteiger partial charge in [-0.05, 0) is 42.5 Å². The average Bonchev–Trinajstić information content (AvgIpc) is 3.34. The molecule has 1 heterocycles. The molecule has 0 bridgehead atoms. The second-order valence-electron chi connectivity index (χ2n) is 7.22. The van der Waals surface area contributed by atoms with Crippen molar-refractivity contribution in [2.45, 2.75) is 32.2 Å². The third kappa shape index (κ3) is 3.42. The van der Waals surface area contributed by atoms with Gasteiger partial charge in [0.05, 0.1) is 20.3 Å². The molecule has 1 aliphatic carbocycles. The van der Waals surface area contributed by atoms with Gasteiger partial charge in [0.15, 0.2) is 11.5 Å². The van der Waals surface area contributed by atoms with Crippen LogP contribution in [0, 0.1) is 5.92 Å². The number of carbonyl (C=O) groups is 2. The molecule has 0 aromatic heterocycles. The lowest BCUT2D eigenvalue weighted by atomic mass is 10.1. The third-order valence-electron chi connectivity index (χ3n) is 5.48. The Balaban J connectivity index is 1.57. The molecule has 0 unspecified atom stereocenters. The van der Waals surface area contributed by atoms with E-state index < -0.39 is 0 Å². The van der Waals surface area contributed by atoms with Crippen LogP contribution < -0.4 is 14.4 Å². The molecule has 2 aromatic carbocycles. The fourth-order valence-electron chi connectivity index (χ4n) is 3.93. The van der Waals surface area contributed by atoms with Gasteiger partial charge < -0.3 is 14.4 Å². The minimum atomic E-state index is -0.0967. The molecule has 0 radical (unpaired) electrons. The van der Waals surface area contributed by atoms with Crippen LogP contribution in [0.4, 0.5) is 5.69 Å². The van der Waals surface area contributed by atoms with Crippen molar-refractivity contribution in [2.24, 2.45) is 5.92 Å². The molecule has 1 amide bonds. The first-order chi connectivity index (χ1) is 13.2. The van der Waals surface area contributed by atoms with Crippen molar-refractivity contribution in [1.29, 1.82) is 0 Å². The predicted octanol–water partition coefficient (Wildman–Crippen LogP) is 4.24. The molecule has 140 valence electrons. The fourth-order valence-corrected chi connectivity index (χ4v) is 3.93. The van der Waals surface area contributed by atoms with Gasteiger partial charge in [-0.3, -0.25) is 9.59 Å². The summed E-state index contributed by atoms with van der Waals surface area (Å²) >= 11 is 0. The van der Waals surface area contributed by atoms with E-state index in [9.17, 15) is 9.59 Å². The fraction of sp³-hybridized carbons (Fsp3) is 0.364. The van der Waals surface area contributed by atoms with E-state index in [1.165, 1.54) is 25.7 Å². The minimum absolute atomic E-state index is 0.0967. The molecule has 1 fully saturated rings. The Morgan fingerprint density at radius 1 is 1.11 bits per heavy atom. The zero-order chi connectivity index (χ0) is 18.8. The summed E-state index contributed by atoms with van der Waals surface area (Å²) in [5.74, 6) is 1.83. The van der Waals surface area contributed by atoms with Gasteiger partial charge in [-0.1, -0.05) is 25.0 Å². The Morgan fingerprint density at radius 3 is 2.67 bits per heavy atom. The monoisotopic (exact) mass is 365 g/mol. The van der Waals surface area contributed by atoms with Gasteiger partial charge in [-0.2, -0.15) is 0 Å². The number of ether oxygens (including phenoxy) is 2. The molecule has 27 heavy (non-hydrogen) atoms. The van der Waals surface area contributed by atoms with Gasteiger partial charge in [0, 0.05) is 22.9 Å². The van der Waals surface area contributed by atoms with Gasteiger partial charge in [0.1, 0.15) is 6.29 Å². The van der Waals surface area contributed by atoms with E-state index in [4.69, 9.17) is 9.47 Å². The molecule has 0 saturated heterocycles. The first-order valence-electron chi connectivity index (χ1n) is 9.40. The minimum Gasteiger partial charge on any atom is -0.493 e. The van der Waals surface area contributed by atoms with Crippen LogP contribution >= 0.6 is 0 Å². The van der Waals surface area contributed by atoms with Gasteiger partial charge in [-0.15, -0.1) is 0 Å². The Labute approximate surface area is 158 Å². The molecule has 5 nitrogen and oxygen atoms in total. The molecular weight excluding hydrogens is 342 g/mol. The lowest BCUT2D eigenvalue weighted by Gasteiger charge is -2.19. The van der Waals surface area contributed by atoms with E-state index in [1.54, 1.807) is 24.1 Å². The topological polar surface area (TPSA) is 55.8 Å². The smallest absolute Gasteiger partial charge is 0.258 e. The van der Waals surface area contributed by atoms with Gasteiger partial charge in [0.25, 0.3) is 5.91 Å². The van der Waals surface area contributed by atoms with Crippen LogP contribution in [0.5, 0.6) is 11.5 Å². The number of anilines is 1. The molecule has 0 spiro atoms. The maximum absolute atomic E-state index is 12.8.